The van der Waals surface area contributed by atoms with Gasteiger partial charge in [0.1, 0.15) is 5.82 Å². The summed E-state index contributed by atoms with van der Waals surface area (Å²) >= 11 is 0. The predicted molar refractivity (Wildman–Crippen MR) is 105 cm³/mol. The fourth-order valence-electron chi connectivity index (χ4n) is 8.02. The fourth-order valence-corrected chi connectivity index (χ4v) is 8.02. The van der Waals surface area contributed by atoms with Crippen LogP contribution in [-0.4, -0.2) is 40.9 Å². The topological polar surface area (TPSA) is 66.6 Å². The van der Waals surface area contributed by atoms with Crippen LogP contribution in [0.5, 0.6) is 0 Å². The zero-order chi connectivity index (χ0) is 20.0. The van der Waals surface area contributed by atoms with Gasteiger partial charge in [-0.3, -0.25) is 4.79 Å². The minimum absolute atomic E-state index is 0.133. The molecule has 6 aliphatic rings. The number of carbonyl (C=O) groups excluding carboxylic acids is 2. The number of rotatable bonds is 3. The number of halogens is 1. The highest BCUT2D eigenvalue weighted by atomic mass is 19.1. The molecule has 6 fully saturated rings. The molecule has 2 unspecified atom stereocenters. The van der Waals surface area contributed by atoms with Crippen LogP contribution in [0.25, 0.3) is 0 Å². The molecule has 3 atom stereocenters. The second-order valence-corrected chi connectivity index (χ2v) is 10.3. The Balaban J connectivity index is 1.34. The smallest absolute Gasteiger partial charge is 0.321 e. The van der Waals surface area contributed by atoms with Crippen LogP contribution in [0.2, 0.25) is 0 Å². The Hall–Kier alpha value is -2.11. The molecule has 5 nitrogen and oxygen atoms in total. The Labute approximate surface area is 170 Å². The minimum Gasteiger partial charge on any atom is -0.369 e. The largest absolute Gasteiger partial charge is 0.369 e. The van der Waals surface area contributed by atoms with Gasteiger partial charge in [-0.25, -0.2) is 9.18 Å². The molecule has 29 heavy (non-hydrogen) atoms. The summed E-state index contributed by atoms with van der Waals surface area (Å²) in [6, 6.07) is 7.07. The fraction of sp³-hybridized carbons (Fsp3) is 0.652. The van der Waals surface area contributed by atoms with E-state index in [1.807, 2.05) is 17.0 Å². The quantitative estimate of drug-likeness (QED) is 0.851. The molecule has 4 aliphatic carbocycles. The second-order valence-electron chi connectivity index (χ2n) is 10.3. The third-order valence-electron chi connectivity index (χ3n) is 8.88. The summed E-state index contributed by atoms with van der Waals surface area (Å²) in [6.45, 7) is 1.45. The maximum Gasteiger partial charge on any atom is 0.321 e. The van der Waals surface area contributed by atoms with Gasteiger partial charge in [0.2, 0.25) is 5.91 Å². The predicted octanol–water partition coefficient (Wildman–Crippen LogP) is 3.23. The molecule has 6 heteroatoms. The highest BCUT2D eigenvalue weighted by Crippen LogP contribution is 2.62. The first kappa shape index (κ1) is 17.7. The van der Waals surface area contributed by atoms with E-state index in [0.29, 0.717) is 24.3 Å². The van der Waals surface area contributed by atoms with Crippen molar-refractivity contribution in [2.24, 2.45) is 28.9 Å². The van der Waals surface area contributed by atoms with Gasteiger partial charge in [-0.2, -0.15) is 0 Å². The van der Waals surface area contributed by atoms with Crippen molar-refractivity contribution in [3.05, 3.63) is 35.6 Å². The molecule has 7 rings (SSSR count). The maximum absolute atomic E-state index is 13.6. The normalized spacial score (nSPS) is 42.6. The van der Waals surface area contributed by atoms with Crippen LogP contribution < -0.4 is 5.73 Å². The summed E-state index contributed by atoms with van der Waals surface area (Å²) in [5, 5.41) is 0. The Morgan fingerprint density at radius 1 is 1.10 bits per heavy atom. The van der Waals surface area contributed by atoms with Crippen molar-refractivity contribution in [1.82, 2.24) is 9.80 Å². The number of hydrogen-bond acceptors (Lipinski definition) is 2. The van der Waals surface area contributed by atoms with Gasteiger partial charge in [0.25, 0.3) is 0 Å². The first-order valence-electron chi connectivity index (χ1n) is 11.1. The van der Waals surface area contributed by atoms with Crippen molar-refractivity contribution in [3.63, 3.8) is 0 Å². The number of fused-ring (bicyclic) bond motifs is 1. The van der Waals surface area contributed by atoms with Gasteiger partial charge in [-0.05, 0) is 80.4 Å². The van der Waals surface area contributed by atoms with Crippen LogP contribution in [0, 0.1) is 29.0 Å². The molecule has 4 saturated carbocycles. The van der Waals surface area contributed by atoms with Gasteiger partial charge in [-0.15, -0.1) is 0 Å². The molecular formula is C23H28FN3O2. The molecule has 2 N–H and O–H groups in total. The van der Waals surface area contributed by atoms with Crippen LogP contribution in [0.4, 0.5) is 9.18 Å². The molecule has 1 aromatic carbocycles. The van der Waals surface area contributed by atoms with E-state index in [9.17, 15) is 14.0 Å². The van der Waals surface area contributed by atoms with E-state index >= 15 is 0 Å². The number of urea groups is 1. The lowest BCUT2D eigenvalue weighted by molar-refractivity contribution is -0.150. The molecule has 4 bridgehead atoms. The van der Waals surface area contributed by atoms with Crippen molar-refractivity contribution in [1.29, 1.82) is 0 Å². The van der Waals surface area contributed by atoms with Crippen molar-refractivity contribution in [3.8, 4) is 0 Å². The third kappa shape index (κ3) is 2.26. The van der Waals surface area contributed by atoms with Gasteiger partial charge in [0.05, 0.1) is 12.1 Å². The summed E-state index contributed by atoms with van der Waals surface area (Å²) in [4.78, 5) is 30.0. The standard InChI is InChI=1S/C23H28FN3O2/c24-18-4-2-17(3-5-18)23-6-1-7-27(23)21(29)26(13-23)19-15-8-14-9-16(19)12-22(10-14,11-15)20(25)28/h2-5,14-16,19H,1,6-13H2,(H2,25,28)/t14?,15?,16?,19?,22?,23-/m0/s1. The van der Waals surface area contributed by atoms with Gasteiger partial charge < -0.3 is 15.5 Å². The van der Waals surface area contributed by atoms with Crippen molar-refractivity contribution in [2.75, 3.05) is 13.1 Å². The zero-order valence-corrected chi connectivity index (χ0v) is 16.6. The molecule has 154 valence electrons. The van der Waals surface area contributed by atoms with Crippen LogP contribution in [0.15, 0.2) is 24.3 Å². The summed E-state index contributed by atoms with van der Waals surface area (Å²) in [7, 11) is 0. The average Bonchev–Trinajstić information content (AvgIpc) is 3.21. The highest BCUT2D eigenvalue weighted by molar-refractivity contribution is 5.82. The number of nitrogens with two attached hydrogens (primary N) is 1. The monoisotopic (exact) mass is 397 g/mol. The van der Waals surface area contributed by atoms with Crippen LogP contribution >= 0.6 is 0 Å². The SMILES string of the molecule is NC(=O)C12CC3CC(C1)C(N1C[C@]4(c5ccc(F)cc5)CCCN4C1=O)C(C3)C2. The second kappa shape index (κ2) is 5.73. The van der Waals surface area contributed by atoms with Gasteiger partial charge in [0.15, 0.2) is 0 Å². The number of benzene rings is 1. The van der Waals surface area contributed by atoms with Gasteiger partial charge in [0, 0.05) is 18.0 Å². The molecule has 0 radical (unpaired) electrons. The minimum atomic E-state index is -0.333. The first-order chi connectivity index (χ1) is 13.9. The van der Waals surface area contributed by atoms with E-state index < -0.39 is 0 Å². The number of carbonyl (C=O) groups is 2. The Morgan fingerprint density at radius 2 is 1.79 bits per heavy atom. The number of amides is 3. The molecule has 0 spiro atoms. The van der Waals surface area contributed by atoms with E-state index in [0.717, 1.165) is 57.1 Å². The van der Waals surface area contributed by atoms with Crippen LogP contribution in [0.3, 0.4) is 0 Å². The summed E-state index contributed by atoms with van der Waals surface area (Å²) in [5.41, 5.74) is 6.22. The number of nitrogens with zero attached hydrogens (tertiary/aromatic N) is 2. The molecule has 2 saturated heterocycles. The number of primary amides is 1. The van der Waals surface area contributed by atoms with Crippen molar-refractivity contribution < 1.29 is 14.0 Å². The van der Waals surface area contributed by atoms with E-state index in [1.54, 1.807) is 0 Å². The molecular weight excluding hydrogens is 369 g/mol. The van der Waals surface area contributed by atoms with Gasteiger partial charge >= 0.3 is 6.03 Å². The molecule has 1 aromatic rings. The van der Waals surface area contributed by atoms with Crippen molar-refractivity contribution >= 4 is 11.9 Å². The van der Waals surface area contributed by atoms with Gasteiger partial charge in [-0.1, -0.05) is 12.1 Å². The van der Waals surface area contributed by atoms with Crippen molar-refractivity contribution in [2.45, 2.75) is 56.5 Å². The summed E-state index contributed by atoms with van der Waals surface area (Å²) in [5.74, 6) is 0.964. The summed E-state index contributed by atoms with van der Waals surface area (Å²) in [6.07, 6.45) is 6.77. The molecule has 0 aromatic heterocycles. The van der Waals surface area contributed by atoms with E-state index in [4.69, 9.17) is 5.73 Å². The molecule has 3 amide bonds. The lowest BCUT2D eigenvalue weighted by Crippen LogP contribution is -2.62. The summed E-state index contributed by atoms with van der Waals surface area (Å²) < 4.78 is 13.5. The highest BCUT2D eigenvalue weighted by Gasteiger charge is 2.63. The Bertz CT molecular complexity index is 871. The van der Waals surface area contributed by atoms with Crippen LogP contribution in [-0.2, 0) is 10.3 Å². The number of hydrogen-bond donors (Lipinski definition) is 1. The lowest BCUT2D eigenvalue weighted by atomic mass is 9.47. The Morgan fingerprint density at radius 3 is 2.45 bits per heavy atom. The van der Waals surface area contributed by atoms with E-state index in [-0.39, 0.29) is 34.8 Å². The first-order valence-corrected chi connectivity index (χ1v) is 11.1. The Kier molecular flexibility index (Phi) is 3.50. The molecule has 2 aliphatic heterocycles. The lowest BCUT2D eigenvalue weighted by Gasteiger charge is -2.60. The third-order valence-corrected chi connectivity index (χ3v) is 8.88. The molecule has 2 heterocycles. The average molecular weight is 397 g/mol. The van der Waals surface area contributed by atoms with E-state index in [2.05, 4.69) is 4.90 Å². The van der Waals surface area contributed by atoms with E-state index in [1.165, 1.54) is 12.1 Å². The van der Waals surface area contributed by atoms with Crippen LogP contribution in [0.1, 0.15) is 50.5 Å². The maximum atomic E-state index is 13.6. The zero-order valence-electron chi connectivity index (χ0n) is 16.6.